The molecule has 0 aromatic carbocycles. The van der Waals surface area contributed by atoms with Gasteiger partial charge in [0.1, 0.15) is 0 Å². The van der Waals surface area contributed by atoms with Gasteiger partial charge in [0.25, 0.3) is 0 Å². The van der Waals surface area contributed by atoms with Crippen molar-refractivity contribution in [3.63, 3.8) is 0 Å². The Hall–Kier alpha value is -3.66. The molecule has 0 atom stereocenters. The number of rotatable bonds is 42. The van der Waals surface area contributed by atoms with Crippen LogP contribution in [0.3, 0.4) is 0 Å². The highest BCUT2D eigenvalue weighted by Gasteiger charge is 2.22. The lowest BCUT2D eigenvalue weighted by Gasteiger charge is -2.02. The van der Waals surface area contributed by atoms with Crippen LogP contribution in [0.15, 0.2) is 97.1 Å². The number of hydrogen-bond acceptors (Lipinski definition) is 12. The van der Waals surface area contributed by atoms with Crippen LogP contribution in [0.4, 0.5) is 0 Å². The molecule has 0 saturated carbocycles. The zero-order valence-electron chi connectivity index (χ0n) is 54.5. The van der Waals surface area contributed by atoms with Crippen molar-refractivity contribution in [3.05, 3.63) is 129 Å². The molecule has 90 heavy (non-hydrogen) atoms. The van der Waals surface area contributed by atoms with E-state index in [1.165, 1.54) is 251 Å². The highest BCUT2D eigenvalue weighted by atomic mass is 32.1. The van der Waals surface area contributed by atoms with E-state index in [4.69, 9.17) is 9.47 Å². The zero-order chi connectivity index (χ0) is 62.3. The minimum Gasteiger partial charge on any atom is -0.484 e. The van der Waals surface area contributed by atoms with Gasteiger partial charge < -0.3 is 9.47 Å². The predicted molar refractivity (Wildman–Crippen MR) is 415 cm³/mol. The summed E-state index contributed by atoms with van der Waals surface area (Å²) in [5, 5.41) is 2.09. The van der Waals surface area contributed by atoms with Crippen molar-refractivity contribution in [3.8, 4) is 88.2 Å². The number of thiophene rings is 10. The Morgan fingerprint density at radius 2 is 0.511 bits per heavy atom. The number of unbranched alkanes of at least 4 members (excludes halogenated alkanes) is 18. The Kier molecular flexibility index (Phi) is 28.3. The largest absolute Gasteiger partial charge is 0.484 e. The highest BCUT2D eigenvalue weighted by Crippen LogP contribution is 2.51. The molecule has 0 saturated heterocycles. The molecule has 10 rings (SSSR count). The monoisotopic (exact) mass is 1380 g/mol. The minimum atomic E-state index is 0.811. The third-order valence-electron chi connectivity index (χ3n) is 16.8. The summed E-state index contributed by atoms with van der Waals surface area (Å²) in [5.74, 6) is 0. The van der Waals surface area contributed by atoms with Gasteiger partial charge in [-0.25, -0.2) is 0 Å². The van der Waals surface area contributed by atoms with Crippen LogP contribution >= 0.6 is 113 Å². The summed E-state index contributed by atoms with van der Waals surface area (Å²) >= 11 is 19.5. The van der Waals surface area contributed by atoms with Crippen molar-refractivity contribution < 1.29 is 9.47 Å². The van der Waals surface area contributed by atoms with Crippen molar-refractivity contribution >= 4 is 126 Å². The van der Waals surface area contributed by atoms with Gasteiger partial charge in [-0.3, -0.25) is 0 Å². The fourth-order valence-corrected chi connectivity index (χ4v) is 23.1. The van der Waals surface area contributed by atoms with Gasteiger partial charge in [-0.2, -0.15) is 0 Å². The molecule has 0 aliphatic heterocycles. The van der Waals surface area contributed by atoms with Gasteiger partial charge in [0.2, 0.25) is 0 Å². The first-order valence-corrected chi connectivity index (χ1v) is 42.6. The van der Waals surface area contributed by atoms with Crippen molar-refractivity contribution in [2.24, 2.45) is 0 Å². The Morgan fingerprint density at radius 1 is 0.244 bits per heavy atom. The molecule has 12 heteroatoms. The van der Waals surface area contributed by atoms with Gasteiger partial charge in [0.15, 0.2) is 10.1 Å². The van der Waals surface area contributed by atoms with Crippen molar-refractivity contribution in [1.82, 2.24) is 0 Å². The molecule has 0 bridgehead atoms. The summed E-state index contributed by atoms with van der Waals surface area (Å²) in [6, 6.07) is 38.2. The number of ether oxygens (including phenoxy) is 2. The van der Waals surface area contributed by atoms with Gasteiger partial charge >= 0.3 is 0 Å². The quantitative estimate of drug-likeness (QED) is 0.0355. The molecule has 10 aromatic rings. The molecule has 480 valence electrons. The molecule has 0 aliphatic carbocycles. The van der Waals surface area contributed by atoms with Gasteiger partial charge in [-0.05, 0) is 196 Å². The normalized spacial score (nSPS) is 11.8. The fourth-order valence-electron chi connectivity index (χ4n) is 11.7. The summed E-state index contributed by atoms with van der Waals surface area (Å²) in [7, 11) is 0. The van der Waals surface area contributed by atoms with Crippen LogP contribution in [-0.2, 0) is 25.7 Å². The maximum atomic E-state index is 6.23. The number of aryl methyl sites for hydroxylation is 4. The Balaban J connectivity index is 0.865. The molecular formula is C78H96O2S10. The van der Waals surface area contributed by atoms with Gasteiger partial charge in [-0.15, -0.1) is 90.7 Å². The van der Waals surface area contributed by atoms with Crippen LogP contribution in [0.2, 0.25) is 0 Å². The first-order valence-electron chi connectivity index (χ1n) is 34.4. The van der Waals surface area contributed by atoms with Crippen LogP contribution in [0.1, 0.15) is 228 Å². The van der Waals surface area contributed by atoms with Crippen molar-refractivity contribution in [2.75, 3.05) is 13.2 Å². The molecule has 0 unspecified atom stereocenters. The topological polar surface area (TPSA) is 18.5 Å². The Labute approximate surface area is 581 Å². The number of hydrogen-bond donors (Lipinski definition) is 0. The van der Waals surface area contributed by atoms with Gasteiger partial charge in [-0.1, -0.05) is 180 Å². The van der Waals surface area contributed by atoms with Crippen molar-refractivity contribution in [1.29, 1.82) is 0 Å². The fraction of sp³-hybridized carbons (Fsp3) is 0.462. The van der Waals surface area contributed by atoms with Crippen molar-refractivity contribution in [2.45, 2.75) is 221 Å². The maximum absolute atomic E-state index is 6.23. The van der Waals surface area contributed by atoms with E-state index in [0.717, 1.165) is 61.9 Å². The van der Waals surface area contributed by atoms with Crippen LogP contribution in [0.5, 0.6) is 10.1 Å². The molecule has 0 fully saturated rings. The van der Waals surface area contributed by atoms with Gasteiger partial charge in [0.05, 0.1) is 13.2 Å². The van der Waals surface area contributed by atoms with Crippen LogP contribution < -0.4 is 9.47 Å². The summed E-state index contributed by atoms with van der Waals surface area (Å²) in [6.45, 7) is 15.4. The minimum absolute atomic E-state index is 0.811. The molecule has 10 aromatic heterocycles. The van der Waals surface area contributed by atoms with E-state index in [1.807, 2.05) is 113 Å². The van der Waals surface area contributed by atoms with Crippen LogP contribution in [-0.4, -0.2) is 13.2 Å². The van der Waals surface area contributed by atoms with E-state index in [1.54, 1.807) is 0 Å². The van der Waals surface area contributed by atoms with E-state index < -0.39 is 0 Å². The second kappa shape index (κ2) is 36.9. The molecule has 0 radical (unpaired) electrons. The first-order chi connectivity index (χ1) is 44.3. The third-order valence-corrected chi connectivity index (χ3v) is 29.3. The zero-order valence-corrected chi connectivity index (χ0v) is 62.7. The first kappa shape index (κ1) is 69.2. The lowest BCUT2D eigenvalue weighted by atomic mass is 10.1. The maximum Gasteiger partial charge on any atom is 0.174 e. The predicted octanol–water partition coefficient (Wildman–Crippen LogP) is 30.2. The standard InChI is InChI=1S/C78H96O2S10/c1-7-13-19-25-31-55-51-59(81-75(55)67-41-37-61(83-67)63-39-43-69(85-63)77-57(33-27-21-15-9-3)53-71(89-77)65-45-47-73(87-65)79-49-29-23-17-11-5)35-36-60-52-56(32-26-20-14-8-2)76(82-60)68-42-38-62(84-68)64-40-44-70(86-64)78-58(34-28-22-16-10-4)54-72(90-78)66-46-48-74(88-66)80-50-30-24-18-12-6/h35-48,51-54H,7-34,49-50H2,1-6H3. The van der Waals surface area contributed by atoms with Crippen LogP contribution in [0, 0.1) is 0 Å². The van der Waals surface area contributed by atoms with E-state index in [9.17, 15) is 0 Å². The molecular weight excluding hydrogens is 1290 g/mol. The molecule has 10 heterocycles. The summed E-state index contributed by atoms with van der Waals surface area (Å²) in [5.41, 5.74) is 6.04. The van der Waals surface area contributed by atoms with Crippen LogP contribution in [0.25, 0.3) is 90.2 Å². The smallest absolute Gasteiger partial charge is 0.174 e. The van der Waals surface area contributed by atoms with Gasteiger partial charge in [0, 0.05) is 87.8 Å². The molecule has 0 aliphatic rings. The molecule has 0 amide bonds. The molecule has 0 spiro atoms. The lowest BCUT2D eigenvalue weighted by Crippen LogP contribution is -1.94. The average molecular weight is 1390 g/mol. The lowest BCUT2D eigenvalue weighted by molar-refractivity contribution is 0.313. The summed E-state index contributed by atoms with van der Waals surface area (Å²) in [6.07, 6.45) is 39.6. The SMILES string of the molecule is CCCCCCOc1ccc(-c2cc(CCCCCC)c(-c3ccc(-c4ccc(-c5sc(C=Cc6cc(CCCCCC)c(-c7ccc(-c8ccc(-c9sc(-c%10ccc(OCCCCCC)s%10)cc9CCCCCC)s8)s7)s6)cc5CCCCCC)s4)s3)s2)s1. The summed E-state index contributed by atoms with van der Waals surface area (Å²) < 4.78 is 12.5. The molecule has 0 N–H and O–H groups in total. The highest BCUT2D eigenvalue weighted by molar-refractivity contribution is 7.31. The summed E-state index contributed by atoms with van der Waals surface area (Å²) in [4.78, 5) is 25.0. The van der Waals surface area contributed by atoms with E-state index in [0.29, 0.717) is 0 Å². The van der Waals surface area contributed by atoms with E-state index in [2.05, 4.69) is 151 Å². The second-order valence-electron chi connectivity index (χ2n) is 24.2. The Morgan fingerprint density at radius 3 is 0.833 bits per heavy atom. The second-order valence-corrected chi connectivity index (χ2v) is 34.9. The average Bonchev–Trinajstić information content (AvgIpc) is 2.17. The Bertz CT molecular complexity index is 3470. The van der Waals surface area contributed by atoms with E-state index in [-0.39, 0.29) is 0 Å². The van der Waals surface area contributed by atoms with E-state index >= 15 is 0 Å². The molecule has 2 nitrogen and oxygen atoms in total. The third kappa shape index (κ3) is 19.5.